The first-order valence-electron chi connectivity index (χ1n) is 7.28. The van der Waals surface area contributed by atoms with E-state index in [0.717, 1.165) is 31.9 Å². The molecule has 0 saturated carbocycles. The molecule has 1 saturated heterocycles. The van der Waals surface area contributed by atoms with Crippen LogP contribution in [0.2, 0.25) is 0 Å². The summed E-state index contributed by atoms with van der Waals surface area (Å²) in [6.07, 6.45) is 0. The molecule has 1 amide bonds. The van der Waals surface area contributed by atoms with Crippen molar-refractivity contribution >= 4 is 5.91 Å². The average molecular weight is 292 g/mol. The lowest BCUT2D eigenvalue weighted by atomic mass is 10.0. The van der Waals surface area contributed by atoms with Gasteiger partial charge in [0, 0.05) is 40.2 Å². The number of rotatable bonds is 5. The molecule has 1 aliphatic heterocycles. The molecule has 1 aromatic carbocycles. The van der Waals surface area contributed by atoms with Gasteiger partial charge in [0.05, 0.1) is 19.8 Å². The van der Waals surface area contributed by atoms with Gasteiger partial charge in [-0.3, -0.25) is 9.69 Å². The average Bonchev–Trinajstić information content (AvgIpc) is 2.52. The molecule has 0 radical (unpaired) electrons. The second kappa shape index (κ2) is 7.43. The Bertz CT molecular complexity index is 461. The van der Waals surface area contributed by atoms with Crippen molar-refractivity contribution in [3.05, 3.63) is 29.8 Å². The molecule has 1 aromatic rings. The zero-order valence-electron chi connectivity index (χ0n) is 13.0. The Balaban J connectivity index is 2.16. The number of carbonyl (C=O) groups is 1. The zero-order valence-corrected chi connectivity index (χ0v) is 13.0. The van der Waals surface area contributed by atoms with Crippen molar-refractivity contribution in [2.45, 2.75) is 13.0 Å². The number of piperazine rings is 1. The summed E-state index contributed by atoms with van der Waals surface area (Å²) in [5.41, 5.74) is 1.21. The Labute approximate surface area is 126 Å². The number of methoxy groups -OCH3 is 2. The number of carbonyl (C=O) groups excluding carboxylic acids is 1. The number of ether oxygens (including phenoxy) is 2. The third-order valence-corrected chi connectivity index (χ3v) is 4.02. The van der Waals surface area contributed by atoms with E-state index in [1.54, 1.807) is 21.1 Å². The van der Waals surface area contributed by atoms with E-state index < -0.39 is 0 Å². The van der Waals surface area contributed by atoms with E-state index in [0.29, 0.717) is 6.61 Å². The summed E-state index contributed by atoms with van der Waals surface area (Å²) < 4.78 is 10.4. The smallest absolute Gasteiger partial charge is 0.219 e. The Morgan fingerprint density at radius 1 is 1.24 bits per heavy atom. The van der Waals surface area contributed by atoms with Gasteiger partial charge in [0.1, 0.15) is 5.75 Å². The number of hydrogen-bond acceptors (Lipinski definition) is 4. The summed E-state index contributed by atoms with van der Waals surface area (Å²) in [5.74, 6) is 0.987. The van der Waals surface area contributed by atoms with Gasteiger partial charge in [-0.05, 0) is 17.7 Å². The third-order valence-electron chi connectivity index (χ3n) is 4.02. The molecule has 5 nitrogen and oxygen atoms in total. The molecule has 1 fully saturated rings. The fourth-order valence-corrected chi connectivity index (χ4v) is 2.72. The molecule has 0 bridgehead atoms. The van der Waals surface area contributed by atoms with Gasteiger partial charge >= 0.3 is 0 Å². The molecule has 116 valence electrons. The van der Waals surface area contributed by atoms with E-state index in [9.17, 15) is 4.79 Å². The molecule has 5 heteroatoms. The van der Waals surface area contributed by atoms with Crippen LogP contribution in [-0.4, -0.2) is 62.7 Å². The standard InChI is InChI=1S/C16H24N2O3/c1-13(19)18-9-8-17(10-11-20-2)16(12-18)14-4-6-15(21-3)7-5-14/h4-7,16H,8-12H2,1-3H3. The first-order chi connectivity index (χ1) is 10.2. The first kappa shape index (κ1) is 15.8. The van der Waals surface area contributed by atoms with Crippen molar-refractivity contribution in [1.29, 1.82) is 0 Å². The van der Waals surface area contributed by atoms with Crippen molar-refractivity contribution < 1.29 is 14.3 Å². The highest BCUT2D eigenvalue weighted by Gasteiger charge is 2.29. The van der Waals surface area contributed by atoms with Crippen LogP contribution in [0, 0.1) is 0 Å². The van der Waals surface area contributed by atoms with Crippen molar-refractivity contribution in [3.63, 3.8) is 0 Å². The maximum atomic E-state index is 11.7. The Morgan fingerprint density at radius 2 is 1.95 bits per heavy atom. The summed E-state index contributed by atoms with van der Waals surface area (Å²) in [4.78, 5) is 16.0. The lowest BCUT2D eigenvalue weighted by Gasteiger charge is -2.41. The van der Waals surface area contributed by atoms with Crippen molar-refractivity contribution in [1.82, 2.24) is 9.80 Å². The van der Waals surface area contributed by atoms with E-state index in [4.69, 9.17) is 9.47 Å². The van der Waals surface area contributed by atoms with Gasteiger partial charge in [-0.15, -0.1) is 0 Å². The third kappa shape index (κ3) is 3.95. The molecule has 21 heavy (non-hydrogen) atoms. The van der Waals surface area contributed by atoms with E-state index in [1.807, 2.05) is 17.0 Å². The number of hydrogen-bond donors (Lipinski definition) is 0. The van der Waals surface area contributed by atoms with Crippen LogP contribution in [0.15, 0.2) is 24.3 Å². The van der Waals surface area contributed by atoms with Crippen LogP contribution in [0.5, 0.6) is 5.75 Å². The molecule has 0 N–H and O–H groups in total. The van der Waals surface area contributed by atoms with Crippen LogP contribution in [0.4, 0.5) is 0 Å². The monoisotopic (exact) mass is 292 g/mol. The van der Waals surface area contributed by atoms with E-state index >= 15 is 0 Å². The molecule has 0 spiro atoms. The second-order valence-corrected chi connectivity index (χ2v) is 5.28. The predicted octanol–water partition coefficient (Wildman–Crippen LogP) is 1.55. The number of amides is 1. The molecule has 1 heterocycles. The summed E-state index contributed by atoms with van der Waals surface area (Å²) in [5, 5.41) is 0. The molecule has 2 rings (SSSR count). The largest absolute Gasteiger partial charge is 0.497 e. The predicted molar refractivity (Wildman–Crippen MR) is 81.4 cm³/mol. The summed E-state index contributed by atoms with van der Waals surface area (Å²) in [7, 11) is 3.38. The van der Waals surface area contributed by atoms with Gasteiger partial charge in [0.15, 0.2) is 0 Å². The lowest BCUT2D eigenvalue weighted by molar-refractivity contribution is -0.132. The maximum Gasteiger partial charge on any atom is 0.219 e. The van der Waals surface area contributed by atoms with E-state index in [1.165, 1.54) is 5.56 Å². The van der Waals surface area contributed by atoms with Gasteiger partial charge in [0.25, 0.3) is 0 Å². The summed E-state index contributed by atoms with van der Waals surface area (Å²) in [6, 6.07) is 8.30. The Hall–Kier alpha value is -1.59. The Kier molecular flexibility index (Phi) is 5.59. The van der Waals surface area contributed by atoms with Crippen molar-refractivity contribution in [3.8, 4) is 5.75 Å². The minimum Gasteiger partial charge on any atom is -0.497 e. The van der Waals surface area contributed by atoms with Crippen LogP contribution in [0.1, 0.15) is 18.5 Å². The minimum atomic E-state index is 0.139. The van der Waals surface area contributed by atoms with Crippen LogP contribution < -0.4 is 4.74 Å². The molecule has 0 aromatic heterocycles. The van der Waals surface area contributed by atoms with Crippen LogP contribution in [0.3, 0.4) is 0 Å². The number of nitrogens with zero attached hydrogens (tertiary/aromatic N) is 2. The van der Waals surface area contributed by atoms with E-state index in [-0.39, 0.29) is 11.9 Å². The highest BCUT2D eigenvalue weighted by Crippen LogP contribution is 2.26. The second-order valence-electron chi connectivity index (χ2n) is 5.28. The molecule has 0 aliphatic carbocycles. The summed E-state index contributed by atoms with van der Waals surface area (Å²) in [6.45, 7) is 5.60. The van der Waals surface area contributed by atoms with Gasteiger partial charge in [-0.2, -0.15) is 0 Å². The Morgan fingerprint density at radius 3 is 2.52 bits per heavy atom. The van der Waals surface area contributed by atoms with E-state index in [2.05, 4.69) is 17.0 Å². The fourth-order valence-electron chi connectivity index (χ4n) is 2.72. The van der Waals surface area contributed by atoms with Gasteiger partial charge in [-0.25, -0.2) is 0 Å². The molecule has 1 aliphatic rings. The lowest BCUT2D eigenvalue weighted by Crippen LogP contribution is -2.50. The maximum absolute atomic E-state index is 11.7. The summed E-state index contributed by atoms with van der Waals surface area (Å²) >= 11 is 0. The SMILES string of the molecule is COCCN1CCN(C(C)=O)CC1c1ccc(OC)cc1. The normalized spacial score (nSPS) is 19.6. The zero-order chi connectivity index (χ0) is 15.2. The fraction of sp³-hybridized carbons (Fsp3) is 0.562. The van der Waals surface area contributed by atoms with Crippen LogP contribution in [0.25, 0.3) is 0 Å². The van der Waals surface area contributed by atoms with Crippen LogP contribution >= 0.6 is 0 Å². The molecular weight excluding hydrogens is 268 g/mol. The van der Waals surface area contributed by atoms with Gasteiger partial charge in [0.2, 0.25) is 5.91 Å². The number of benzene rings is 1. The van der Waals surface area contributed by atoms with Crippen molar-refractivity contribution in [2.75, 3.05) is 47.0 Å². The highest BCUT2D eigenvalue weighted by molar-refractivity contribution is 5.73. The quantitative estimate of drug-likeness (QED) is 0.826. The molecular formula is C16H24N2O3. The minimum absolute atomic E-state index is 0.139. The van der Waals surface area contributed by atoms with Crippen LogP contribution in [-0.2, 0) is 9.53 Å². The first-order valence-corrected chi connectivity index (χ1v) is 7.28. The topological polar surface area (TPSA) is 42.0 Å². The van der Waals surface area contributed by atoms with Gasteiger partial charge < -0.3 is 14.4 Å². The molecule has 1 atom stereocenters. The highest BCUT2D eigenvalue weighted by atomic mass is 16.5. The molecule has 1 unspecified atom stereocenters. The van der Waals surface area contributed by atoms with Gasteiger partial charge in [-0.1, -0.05) is 12.1 Å². The van der Waals surface area contributed by atoms with Crippen molar-refractivity contribution in [2.24, 2.45) is 0 Å².